The predicted molar refractivity (Wildman–Crippen MR) is 101 cm³/mol. The molecule has 1 aromatic heterocycles. The Morgan fingerprint density at radius 3 is 2.54 bits per heavy atom. The lowest BCUT2D eigenvalue weighted by atomic mass is 10.1. The molecule has 0 fully saturated rings. The van der Waals surface area contributed by atoms with E-state index in [2.05, 4.69) is 10.3 Å². The van der Waals surface area contributed by atoms with Gasteiger partial charge in [-0.2, -0.15) is 0 Å². The number of carbonyl (C=O) groups excluding carboxylic acids is 1. The second-order valence-corrected chi connectivity index (χ2v) is 7.10. The first-order valence-electron chi connectivity index (χ1n) is 8.15. The number of anilines is 1. The Kier molecular flexibility index (Phi) is 5.32. The van der Waals surface area contributed by atoms with Crippen molar-refractivity contribution in [2.24, 2.45) is 0 Å². The molecular formula is C20H19FN2O2S. The van der Waals surface area contributed by atoms with E-state index < -0.39 is 0 Å². The van der Waals surface area contributed by atoms with Gasteiger partial charge in [-0.25, -0.2) is 9.37 Å². The summed E-state index contributed by atoms with van der Waals surface area (Å²) < 4.78 is 18.5. The number of ether oxygens (including phenoxy) is 1. The number of aromatic nitrogens is 1. The van der Waals surface area contributed by atoms with Crippen molar-refractivity contribution in [3.8, 4) is 5.75 Å². The van der Waals surface area contributed by atoms with Gasteiger partial charge in [0.1, 0.15) is 28.1 Å². The van der Waals surface area contributed by atoms with E-state index in [0.717, 1.165) is 11.3 Å². The molecule has 0 aliphatic rings. The highest BCUT2D eigenvalue weighted by Crippen LogP contribution is 2.22. The summed E-state index contributed by atoms with van der Waals surface area (Å²) in [4.78, 5) is 17.5. The molecule has 1 amide bonds. The zero-order valence-corrected chi connectivity index (χ0v) is 15.6. The van der Waals surface area contributed by atoms with Crippen LogP contribution in [-0.2, 0) is 6.61 Å². The standard InChI is InChI=1S/C20H19FN2O2S/c1-12-4-7-16(10-13(12)2)23-20(24)19-14(3)22-18(26-19)11-25-17-8-5-15(21)6-9-17/h4-10H,11H2,1-3H3,(H,23,24). The minimum atomic E-state index is -0.312. The number of hydrogen-bond acceptors (Lipinski definition) is 4. The number of nitrogens with one attached hydrogen (secondary N) is 1. The van der Waals surface area contributed by atoms with E-state index in [1.807, 2.05) is 32.0 Å². The number of carbonyl (C=O) groups is 1. The second-order valence-electron chi connectivity index (χ2n) is 6.02. The minimum Gasteiger partial charge on any atom is -0.486 e. The maximum Gasteiger partial charge on any atom is 0.267 e. The maximum atomic E-state index is 12.9. The van der Waals surface area contributed by atoms with Crippen LogP contribution < -0.4 is 10.1 Å². The van der Waals surface area contributed by atoms with E-state index in [1.165, 1.54) is 29.0 Å². The quantitative estimate of drug-likeness (QED) is 0.685. The van der Waals surface area contributed by atoms with Gasteiger partial charge in [0.2, 0.25) is 0 Å². The maximum absolute atomic E-state index is 12.9. The van der Waals surface area contributed by atoms with Crippen LogP contribution in [0, 0.1) is 26.6 Å². The van der Waals surface area contributed by atoms with Gasteiger partial charge in [-0.05, 0) is 68.3 Å². The molecule has 0 atom stereocenters. The molecule has 0 unspecified atom stereocenters. The van der Waals surface area contributed by atoms with Crippen molar-refractivity contribution in [1.29, 1.82) is 0 Å². The van der Waals surface area contributed by atoms with Crippen LogP contribution in [-0.4, -0.2) is 10.9 Å². The Morgan fingerprint density at radius 1 is 1.12 bits per heavy atom. The molecule has 4 nitrogen and oxygen atoms in total. The number of aryl methyl sites for hydroxylation is 3. The molecule has 2 aromatic carbocycles. The third kappa shape index (κ3) is 4.26. The Hall–Kier alpha value is -2.73. The van der Waals surface area contributed by atoms with Crippen LogP contribution in [0.1, 0.15) is 31.5 Å². The number of hydrogen-bond donors (Lipinski definition) is 1. The molecule has 0 spiro atoms. The third-order valence-corrected chi connectivity index (χ3v) is 5.12. The van der Waals surface area contributed by atoms with Gasteiger partial charge in [-0.15, -0.1) is 11.3 Å². The van der Waals surface area contributed by atoms with Crippen molar-refractivity contribution in [2.75, 3.05) is 5.32 Å². The van der Waals surface area contributed by atoms with E-state index in [-0.39, 0.29) is 18.3 Å². The van der Waals surface area contributed by atoms with Crippen LogP contribution in [0.3, 0.4) is 0 Å². The van der Waals surface area contributed by atoms with Gasteiger partial charge < -0.3 is 10.1 Å². The largest absolute Gasteiger partial charge is 0.486 e. The molecule has 0 bridgehead atoms. The topological polar surface area (TPSA) is 51.2 Å². The molecule has 134 valence electrons. The summed E-state index contributed by atoms with van der Waals surface area (Å²) in [7, 11) is 0. The lowest BCUT2D eigenvalue weighted by Gasteiger charge is -2.06. The molecule has 3 rings (SSSR count). The minimum absolute atomic E-state index is 0.184. The number of amides is 1. The van der Waals surface area contributed by atoms with Crippen molar-refractivity contribution in [1.82, 2.24) is 4.98 Å². The first-order valence-corrected chi connectivity index (χ1v) is 8.97. The second kappa shape index (κ2) is 7.66. The predicted octanol–water partition coefficient (Wildman–Crippen LogP) is 5.04. The molecule has 26 heavy (non-hydrogen) atoms. The SMILES string of the molecule is Cc1ccc(NC(=O)c2sc(COc3ccc(F)cc3)nc2C)cc1C. The fraction of sp³-hybridized carbons (Fsp3) is 0.200. The third-order valence-electron chi connectivity index (χ3n) is 3.99. The summed E-state index contributed by atoms with van der Waals surface area (Å²) in [6.07, 6.45) is 0. The molecule has 0 radical (unpaired) electrons. The van der Waals surface area contributed by atoms with Gasteiger partial charge in [0.05, 0.1) is 5.69 Å². The van der Waals surface area contributed by atoms with Crippen LogP contribution in [0.4, 0.5) is 10.1 Å². The molecule has 1 N–H and O–H groups in total. The molecule has 1 heterocycles. The number of thiazole rings is 1. The van der Waals surface area contributed by atoms with Gasteiger partial charge in [0, 0.05) is 5.69 Å². The Labute approximate surface area is 155 Å². The molecule has 0 saturated heterocycles. The lowest BCUT2D eigenvalue weighted by molar-refractivity contribution is 0.103. The molecule has 0 saturated carbocycles. The monoisotopic (exact) mass is 370 g/mol. The summed E-state index contributed by atoms with van der Waals surface area (Å²) in [5.41, 5.74) is 3.72. The van der Waals surface area contributed by atoms with E-state index in [1.54, 1.807) is 19.1 Å². The van der Waals surface area contributed by atoms with Crippen LogP contribution in [0.25, 0.3) is 0 Å². The number of halogens is 1. The fourth-order valence-corrected chi connectivity index (χ4v) is 3.28. The molecule has 3 aromatic rings. The summed E-state index contributed by atoms with van der Waals surface area (Å²) in [6.45, 7) is 6.07. The summed E-state index contributed by atoms with van der Waals surface area (Å²) in [6, 6.07) is 11.6. The van der Waals surface area contributed by atoms with Gasteiger partial charge in [0.15, 0.2) is 0 Å². The highest BCUT2D eigenvalue weighted by molar-refractivity contribution is 7.13. The number of nitrogens with zero attached hydrogens (tertiary/aromatic N) is 1. The van der Waals surface area contributed by atoms with Crippen LogP contribution in [0.5, 0.6) is 5.75 Å². The van der Waals surface area contributed by atoms with E-state index in [4.69, 9.17) is 4.74 Å². The normalized spacial score (nSPS) is 10.6. The highest BCUT2D eigenvalue weighted by Gasteiger charge is 2.16. The molecule has 0 aliphatic carbocycles. The van der Waals surface area contributed by atoms with Crippen LogP contribution in [0.2, 0.25) is 0 Å². The van der Waals surface area contributed by atoms with E-state index in [0.29, 0.717) is 21.3 Å². The van der Waals surface area contributed by atoms with Gasteiger partial charge in [0.25, 0.3) is 5.91 Å². The smallest absolute Gasteiger partial charge is 0.267 e. The molecule has 0 aliphatic heterocycles. The van der Waals surface area contributed by atoms with Crippen molar-refractivity contribution in [3.05, 3.63) is 75.0 Å². The average molecular weight is 370 g/mol. The zero-order valence-electron chi connectivity index (χ0n) is 14.8. The fourth-order valence-electron chi connectivity index (χ4n) is 2.41. The molecule has 6 heteroatoms. The zero-order chi connectivity index (χ0) is 18.7. The highest BCUT2D eigenvalue weighted by atomic mass is 32.1. The lowest BCUT2D eigenvalue weighted by Crippen LogP contribution is -2.11. The van der Waals surface area contributed by atoms with Gasteiger partial charge >= 0.3 is 0 Å². The van der Waals surface area contributed by atoms with E-state index in [9.17, 15) is 9.18 Å². The Bertz CT molecular complexity index is 935. The van der Waals surface area contributed by atoms with Crippen molar-refractivity contribution < 1.29 is 13.9 Å². The summed E-state index contributed by atoms with van der Waals surface area (Å²) in [5, 5.41) is 3.60. The van der Waals surface area contributed by atoms with Gasteiger partial charge in [-0.1, -0.05) is 6.07 Å². The van der Waals surface area contributed by atoms with Crippen LogP contribution in [0.15, 0.2) is 42.5 Å². The Balaban J connectivity index is 1.67. The summed E-state index contributed by atoms with van der Waals surface area (Å²) in [5.74, 6) is 0.0596. The summed E-state index contributed by atoms with van der Waals surface area (Å²) >= 11 is 1.29. The van der Waals surface area contributed by atoms with Crippen LogP contribution >= 0.6 is 11.3 Å². The number of rotatable bonds is 5. The van der Waals surface area contributed by atoms with Gasteiger partial charge in [-0.3, -0.25) is 4.79 Å². The first kappa shape index (κ1) is 18.1. The Morgan fingerprint density at radius 2 is 1.85 bits per heavy atom. The molecular weight excluding hydrogens is 351 g/mol. The first-order chi connectivity index (χ1) is 12.4. The van der Waals surface area contributed by atoms with Crippen molar-refractivity contribution in [2.45, 2.75) is 27.4 Å². The van der Waals surface area contributed by atoms with Crippen molar-refractivity contribution in [3.63, 3.8) is 0 Å². The number of benzene rings is 2. The van der Waals surface area contributed by atoms with E-state index >= 15 is 0 Å². The van der Waals surface area contributed by atoms with Crippen molar-refractivity contribution >= 4 is 22.9 Å². The average Bonchev–Trinajstić information content (AvgIpc) is 2.98.